The van der Waals surface area contributed by atoms with Crippen LogP contribution in [0.5, 0.6) is 5.75 Å². The lowest BCUT2D eigenvalue weighted by Crippen LogP contribution is -2.29. The van der Waals surface area contributed by atoms with Gasteiger partial charge in [0, 0.05) is 12.5 Å². The monoisotopic (exact) mass is 386 g/mol. The third-order valence-corrected chi connectivity index (χ3v) is 6.43. The van der Waals surface area contributed by atoms with Crippen LogP contribution in [0.25, 0.3) is 5.57 Å². The molecule has 3 rings (SSSR count). The minimum atomic E-state index is -1.63. The van der Waals surface area contributed by atoms with Crippen LogP contribution in [0.15, 0.2) is 35.6 Å². The molecule has 2 aliphatic rings. The van der Waals surface area contributed by atoms with Gasteiger partial charge in [-0.2, -0.15) is 0 Å². The topological polar surface area (TPSA) is 27.7 Å². The highest BCUT2D eigenvalue weighted by molar-refractivity contribution is 6.70. The zero-order chi connectivity index (χ0) is 19.7. The Morgan fingerprint density at radius 2 is 1.96 bits per heavy atom. The van der Waals surface area contributed by atoms with Crippen LogP contribution in [0.2, 0.25) is 19.6 Å². The maximum absolute atomic E-state index is 6.44. The summed E-state index contributed by atoms with van der Waals surface area (Å²) in [5.41, 5.74) is 5.85. The molecule has 0 aromatic heterocycles. The van der Waals surface area contributed by atoms with E-state index in [0.29, 0.717) is 0 Å². The van der Waals surface area contributed by atoms with Gasteiger partial charge < -0.3 is 13.9 Å². The first kappa shape index (κ1) is 20.2. The molecular formula is C23H34O3Si. The lowest BCUT2D eigenvalue weighted by molar-refractivity contribution is 0.0511. The Balaban J connectivity index is 2.02. The molecular weight excluding hydrogens is 352 g/mol. The first-order valence-corrected chi connectivity index (χ1v) is 13.6. The molecule has 1 aromatic rings. The normalized spacial score (nSPS) is 21.6. The van der Waals surface area contributed by atoms with Crippen molar-refractivity contribution in [1.29, 1.82) is 0 Å². The van der Waals surface area contributed by atoms with E-state index in [4.69, 9.17) is 13.9 Å². The average Bonchev–Trinajstić information content (AvgIpc) is 2.94. The van der Waals surface area contributed by atoms with E-state index >= 15 is 0 Å². The number of rotatable bonds is 8. The molecule has 3 nitrogen and oxygen atoms in total. The van der Waals surface area contributed by atoms with Crippen molar-refractivity contribution in [3.05, 3.63) is 46.7 Å². The lowest BCUT2D eigenvalue weighted by Gasteiger charge is -2.37. The van der Waals surface area contributed by atoms with Gasteiger partial charge in [-0.25, -0.2) is 0 Å². The van der Waals surface area contributed by atoms with Crippen LogP contribution in [-0.4, -0.2) is 22.2 Å². The van der Waals surface area contributed by atoms with E-state index in [0.717, 1.165) is 24.4 Å². The summed E-state index contributed by atoms with van der Waals surface area (Å²) in [6.07, 6.45) is 8.25. The Hall–Kier alpha value is -1.52. The molecule has 1 atom stereocenters. The molecule has 0 N–H and O–H groups in total. The fraction of sp³-hybridized carbons (Fsp3) is 0.565. The van der Waals surface area contributed by atoms with E-state index in [1.54, 1.807) is 7.11 Å². The third-order valence-electron chi connectivity index (χ3n) is 5.60. The van der Waals surface area contributed by atoms with E-state index in [-0.39, 0.29) is 12.2 Å². The van der Waals surface area contributed by atoms with Crippen molar-refractivity contribution < 1.29 is 13.9 Å². The zero-order valence-electron chi connectivity index (χ0n) is 17.8. The maximum Gasteiger partial charge on any atom is 0.242 e. The molecule has 0 saturated heterocycles. The van der Waals surface area contributed by atoms with Crippen molar-refractivity contribution >= 4 is 13.9 Å². The summed E-state index contributed by atoms with van der Waals surface area (Å²) in [5, 5.41) is 0. The molecule has 0 saturated carbocycles. The first-order chi connectivity index (χ1) is 12.8. The summed E-state index contributed by atoms with van der Waals surface area (Å²) >= 11 is 0. The van der Waals surface area contributed by atoms with Gasteiger partial charge in [0.25, 0.3) is 0 Å². The first-order valence-electron chi connectivity index (χ1n) is 10.2. The van der Waals surface area contributed by atoms with Gasteiger partial charge in [0.2, 0.25) is 8.32 Å². The fourth-order valence-corrected chi connectivity index (χ4v) is 5.43. The lowest BCUT2D eigenvalue weighted by atomic mass is 9.69. The van der Waals surface area contributed by atoms with E-state index in [2.05, 4.69) is 57.8 Å². The van der Waals surface area contributed by atoms with Gasteiger partial charge in [0.05, 0.1) is 0 Å². The average molecular weight is 387 g/mol. The summed E-state index contributed by atoms with van der Waals surface area (Å²) in [6, 6.07) is 6.52. The van der Waals surface area contributed by atoms with Crippen LogP contribution in [0, 0.1) is 5.41 Å². The number of hydrogen-bond acceptors (Lipinski definition) is 3. The second kappa shape index (κ2) is 7.84. The molecule has 0 spiro atoms. The van der Waals surface area contributed by atoms with Gasteiger partial charge in [-0.05, 0) is 86.3 Å². The Morgan fingerprint density at radius 3 is 2.63 bits per heavy atom. The molecule has 0 fully saturated rings. The molecule has 0 amide bonds. The molecule has 2 aliphatic carbocycles. The molecule has 0 heterocycles. The Bertz CT molecular complexity index is 757. The number of fused-ring (bicyclic) bond motifs is 3. The minimum Gasteiger partial charge on any atom is -0.544 e. The van der Waals surface area contributed by atoms with Crippen molar-refractivity contribution in [1.82, 2.24) is 0 Å². The van der Waals surface area contributed by atoms with Crippen LogP contribution in [0.4, 0.5) is 0 Å². The summed E-state index contributed by atoms with van der Waals surface area (Å²) in [5.74, 6) is 2.01. The summed E-state index contributed by atoms with van der Waals surface area (Å²) in [7, 11) is 0.0224. The highest BCUT2D eigenvalue weighted by Crippen LogP contribution is 2.57. The largest absolute Gasteiger partial charge is 0.544 e. The second-order valence-corrected chi connectivity index (χ2v) is 13.3. The second-order valence-electron chi connectivity index (χ2n) is 8.92. The number of hydrogen-bond donors (Lipinski definition) is 0. The fourth-order valence-electron chi connectivity index (χ4n) is 4.53. The standard InChI is InChI=1S/C23H34O3Si/c1-7-8-12-23-13-11-21(26-27(4,5)6)17(2)22(23)20-10-9-19(25-16-24-3)14-18(20)15-23/h9-11,14H,7-8,12-13,15-16H2,1-6H3. The van der Waals surface area contributed by atoms with E-state index < -0.39 is 8.32 Å². The Morgan fingerprint density at radius 1 is 1.19 bits per heavy atom. The van der Waals surface area contributed by atoms with E-state index in [1.807, 2.05) is 0 Å². The Labute approximate surface area is 165 Å². The van der Waals surface area contributed by atoms with Crippen LogP contribution >= 0.6 is 0 Å². The molecule has 27 heavy (non-hydrogen) atoms. The minimum absolute atomic E-state index is 0.217. The number of allylic oxidation sites excluding steroid dienone is 3. The maximum atomic E-state index is 6.44. The zero-order valence-corrected chi connectivity index (χ0v) is 18.8. The van der Waals surface area contributed by atoms with Crippen molar-refractivity contribution in [2.45, 2.75) is 65.6 Å². The van der Waals surface area contributed by atoms with Crippen LogP contribution in [-0.2, 0) is 15.6 Å². The molecule has 1 aromatic carbocycles. The van der Waals surface area contributed by atoms with Crippen LogP contribution < -0.4 is 4.74 Å². The number of benzene rings is 1. The quantitative estimate of drug-likeness (QED) is 0.387. The van der Waals surface area contributed by atoms with Crippen molar-refractivity contribution in [2.75, 3.05) is 13.9 Å². The van der Waals surface area contributed by atoms with Crippen molar-refractivity contribution in [3.8, 4) is 5.75 Å². The highest BCUT2D eigenvalue weighted by Gasteiger charge is 2.44. The van der Waals surface area contributed by atoms with Gasteiger partial charge >= 0.3 is 0 Å². The number of unbranched alkanes of at least 4 members (excludes halogenated alkanes) is 1. The van der Waals surface area contributed by atoms with Crippen LogP contribution in [0.1, 0.15) is 50.7 Å². The smallest absolute Gasteiger partial charge is 0.242 e. The van der Waals surface area contributed by atoms with E-state index in [9.17, 15) is 0 Å². The van der Waals surface area contributed by atoms with Gasteiger partial charge in [0.15, 0.2) is 6.79 Å². The summed E-state index contributed by atoms with van der Waals surface area (Å²) in [4.78, 5) is 0. The predicted octanol–water partition coefficient (Wildman–Crippen LogP) is 6.31. The predicted molar refractivity (Wildman–Crippen MR) is 114 cm³/mol. The van der Waals surface area contributed by atoms with Gasteiger partial charge in [-0.15, -0.1) is 0 Å². The number of ether oxygens (including phenoxy) is 2. The molecule has 4 heteroatoms. The van der Waals surface area contributed by atoms with Gasteiger partial charge in [-0.3, -0.25) is 0 Å². The van der Waals surface area contributed by atoms with Gasteiger partial charge in [0.1, 0.15) is 11.5 Å². The van der Waals surface area contributed by atoms with Crippen molar-refractivity contribution in [2.24, 2.45) is 5.41 Å². The Kier molecular flexibility index (Phi) is 5.87. The van der Waals surface area contributed by atoms with E-state index in [1.165, 1.54) is 41.5 Å². The van der Waals surface area contributed by atoms with Crippen LogP contribution in [0.3, 0.4) is 0 Å². The third kappa shape index (κ3) is 4.17. The van der Waals surface area contributed by atoms with Crippen molar-refractivity contribution in [3.63, 3.8) is 0 Å². The number of methoxy groups -OCH3 is 1. The highest BCUT2D eigenvalue weighted by atomic mass is 28.4. The molecule has 148 valence electrons. The van der Waals surface area contributed by atoms with Gasteiger partial charge in [-0.1, -0.05) is 25.8 Å². The molecule has 0 aliphatic heterocycles. The molecule has 1 unspecified atom stereocenters. The summed E-state index contributed by atoms with van der Waals surface area (Å²) < 4.78 is 17.2. The molecule has 0 bridgehead atoms. The SMILES string of the molecule is CCCCC12CC=C(O[Si](C)(C)C)C(C)=C1c1ccc(OCOC)cc1C2. The summed E-state index contributed by atoms with van der Waals surface area (Å²) in [6.45, 7) is 11.6. The molecule has 0 radical (unpaired) electrons.